The average molecular weight is 318 g/mol. The monoisotopic (exact) mass is 318 g/mol. The van der Waals surface area contributed by atoms with Gasteiger partial charge in [0.1, 0.15) is 5.82 Å². The first-order valence-electron chi connectivity index (χ1n) is 8.17. The third-order valence-corrected chi connectivity index (χ3v) is 4.02. The number of nitrogens with zero attached hydrogens (tertiary/aromatic N) is 4. The minimum absolute atomic E-state index is 0.0636. The summed E-state index contributed by atoms with van der Waals surface area (Å²) in [6, 6.07) is 18.9. The summed E-state index contributed by atoms with van der Waals surface area (Å²) in [5.74, 6) is 0.866. The van der Waals surface area contributed by atoms with E-state index in [4.69, 9.17) is 4.98 Å². The molecule has 24 heavy (non-hydrogen) atoms. The topological polar surface area (TPSA) is 44.9 Å². The van der Waals surface area contributed by atoms with Gasteiger partial charge in [-0.25, -0.2) is 4.98 Å². The van der Waals surface area contributed by atoms with Gasteiger partial charge in [-0.3, -0.25) is 0 Å². The van der Waals surface area contributed by atoms with E-state index in [1.807, 2.05) is 25.1 Å². The molecule has 0 aliphatic heterocycles. The van der Waals surface area contributed by atoms with E-state index in [1.54, 1.807) is 0 Å². The van der Waals surface area contributed by atoms with E-state index in [1.165, 1.54) is 5.56 Å². The number of hydrogen-bond donors (Lipinski definition) is 0. The van der Waals surface area contributed by atoms with Gasteiger partial charge in [0.05, 0.1) is 23.0 Å². The lowest BCUT2D eigenvalue weighted by atomic mass is 10.1. The van der Waals surface area contributed by atoms with Gasteiger partial charge < -0.3 is 9.47 Å². The first-order valence-corrected chi connectivity index (χ1v) is 8.17. The van der Waals surface area contributed by atoms with E-state index >= 15 is 0 Å². The molecule has 0 saturated heterocycles. The van der Waals surface area contributed by atoms with Crippen molar-refractivity contribution in [2.24, 2.45) is 5.92 Å². The lowest BCUT2D eigenvalue weighted by molar-refractivity contribution is 0.402. The number of aromatic nitrogens is 2. The van der Waals surface area contributed by atoms with E-state index in [0.717, 1.165) is 29.0 Å². The Morgan fingerprint density at radius 3 is 2.71 bits per heavy atom. The number of rotatable bonds is 5. The Morgan fingerprint density at radius 2 is 1.96 bits per heavy atom. The maximum Gasteiger partial charge on any atom is 0.141 e. The van der Waals surface area contributed by atoms with Crippen LogP contribution < -0.4 is 0 Å². The average Bonchev–Trinajstić information content (AvgIpc) is 2.93. The number of para-hydroxylation sites is 2. The van der Waals surface area contributed by atoms with Crippen LogP contribution in [0.2, 0.25) is 0 Å². The van der Waals surface area contributed by atoms with Crippen LogP contribution in [0, 0.1) is 17.2 Å². The molecule has 0 aliphatic carbocycles. The predicted octanol–water partition coefficient (Wildman–Crippen LogP) is 3.92. The Balaban J connectivity index is 2.11. The van der Waals surface area contributed by atoms with E-state index in [9.17, 15) is 5.26 Å². The summed E-state index contributed by atoms with van der Waals surface area (Å²) >= 11 is 0. The van der Waals surface area contributed by atoms with Crippen LogP contribution in [0.1, 0.15) is 12.5 Å². The van der Waals surface area contributed by atoms with Crippen LogP contribution in [0.15, 0.2) is 48.5 Å². The van der Waals surface area contributed by atoms with Gasteiger partial charge in [0.15, 0.2) is 0 Å². The molecule has 0 N–H and O–H groups in total. The zero-order valence-electron chi connectivity index (χ0n) is 14.4. The fourth-order valence-corrected chi connectivity index (χ4v) is 2.97. The number of nitriles is 1. The van der Waals surface area contributed by atoms with E-state index in [2.05, 4.69) is 60.0 Å². The highest BCUT2D eigenvalue weighted by Gasteiger charge is 2.15. The maximum atomic E-state index is 9.22. The fourth-order valence-electron chi connectivity index (χ4n) is 2.97. The highest BCUT2D eigenvalue weighted by atomic mass is 15.1. The molecule has 0 saturated carbocycles. The normalized spacial score (nSPS) is 12.5. The fraction of sp³-hybridized carbons (Fsp3) is 0.300. The Kier molecular flexibility index (Phi) is 4.64. The Hall–Kier alpha value is -2.64. The van der Waals surface area contributed by atoms with Crippen molar-refractivity contribution in [1.82, 2.24) is 14.5 Å². The van der Waals surface area contributed by atoms with Crippen LogP contribution in [0.3, 0.4) is 0 Å². The molecule has 4 nitrogen and oxygen atoms in total. The van der Waals surface area contributed by atoms with Crippen LogP contribution in [0.5, 0.6) is 0 Å². The summed E-state index contributed by atoms with van der Waals surface area (Å²) in [5, 5.41) is 9.22. The van der Waals surface area contributed by atoms with Crippen molar-refractivity contribution in [3.05, 3.63) is 54.1 Å². The summed E-state index contributed by atoms with van der Waals surface area (Å²) in [5.41, 5.74) is 4.39. The Labute approximate surface area is 143 Å². The molecule has 3 aromatic rings. The molecule has 2 aromatic carbocycles. The van der Waals surface area contributed by atoms with E-state index < -0.39 is 0 Å². The quantitative estimate of drug-likeness (QED) is 0.716. The molecular formula is C20H22N4. The number of hydrogen-bond acceptors (Lipinski definition) is 3. The van der Waals surface area contributed by atoms with Crippen molar-refractivity contribution < 1.29 is 0 Å². The molecular weight excluding hydrogens is 296 g/mol. The van der Waals surface area contributed by atoms with Gasteiger partial charge in [0.25, 0.3) is 0 Å². The zero-order chi connectivity index (χ0) is 17.1. The lowest BCUT2D eigenvalue weighted by Crippen LogP contribution is -2.11. The number of imidazole rings is 1. The summed E-state index contributed by atoms with van der Waals surface area (Å²) in [7, 11) is 4.13. The molecule has 1 unspecified atom stereocenters. The SMILES string of the molecule is CC(C#N)Cn1c(-c2cccc(CN(C)C)c2)nc2ccccc21. The molecule has 0 spiro atoms. The van der Waals surface area contributed by atoms with Crippen molar-refractivity contribution >= 4 is 11.0 Å². The number of fused-ring (bicyclic) bond motifs is 1. The smallest absolute Gasteiger partial charge is 0.141 e. The molecule has 3 rings (SSSR count). The van der Waals surface area contributed by atoms with Gasteiger partial charge >= 0.3 is 0 Å². The molecule has 1 aromatic heterocycles. The molecule has 1 heterocycles. The Bertz CT molecular complexity index is 886. The molecule has 122 valence electrons. The maximum absolute atomic E-state index is 9.22. The van der Waals surface area contributed by atoms with Gasteiger partial charge in [-0.15, -0.1) is 0 Å². The summed E-state index contributed by atoms with van der Waals surface area (Å²) in [4.78, 5) is 6.98. The van der Waals surface area contributed by atoms with E-state index in [0.29, 0.717) is 6.54 Å². The van der Waals surface area contributed by atoms with Crippen LogP contribution in [-0.4, -0.2) is 28.5 Å². The molecule has 0 radical (unpaired) electrons. The van der Waals surface area contributed by atoms with Crippen LogP contribution in [0.4, 0.5) is 0 Å². The largest absolute Gasteiger partial charge is 0.323 e. The first-order chi connectivity index (χ1) is 11.6. The summed E-state index contributed by atoms with van der Waals surface area (Å²) < 4.78 is 2.16. The molecule has 0 aliphatic rings. The molecule has 0 bridgehead atoms. The van der Waals surface area contributed by atoms with Crippen LogP contribution in [-0.2, 0) is 13.1 Å². The highest BCUT2D eigenvalue weighted by Crippen LogP contribution is 2.26. The highest BCUT2D eigenvalue weighted by molar-refractivity contribution is 5.80. The molecule has 0 fully saturated rings. The molecule has 1 atom stereocenters. The lowest BCUT2D eigenvalue weighted by Gasteiger charge is -2.13. The van der Waals surface area contributed by atoms with Crippen LogP contribution >= 0.6 is 0 Å². The van der Waals surface area contributed by atoms with Gasteiger partial charge in [0.2, 0.25) is 0 Å². The van der Waals surface area contributed by atoms with Crippen molar-refractivity contribution in [3.63, 3.8) is 0 Å². The van der Waals surface area contributed by atoms with Crippen molar-refractivity contribution in [3.8, 4) is 17.5 Å². The summed E-state index contributed by atoms with van der Waals surface area (Å²) in [6.45, 7) is 3.48. The summed E-state index contributed by atoms with van der Waals surface area (Å²) in [6.07, 6.45) is 0. The minimum atomic E-state index is -0.0636. The van der Waals surface area contributed by atoms with Crippen LogP contribution in [0.25, 0.3) is 22.4 Å². The second-order valence-corrected chi connectivity index (χ2v) is 6.50. The standard InChI is InChI=1S/C20H22N4/c1-15(12-21)13-24-19-10-5-4-9-18(19)22-20(24)17-8-6-7-16(11-17)14-23(2)3/h4-11,15H,13-14H2,1-3H3. The van der Waals surface area contributed by atoms with Gasteiger partial charge in [-0.05, 0) is 44.8 Å². The van der Waals surface area contributed by atoms with Gasteiger partial charge in [-0.1, -0.05) is 30.3 Å². The number of benzene rings is 2. The third kappa shape index (κ3) is 3.32. The second-order valence-electron chi connectivity index (χ2n) is 6.50. The Morgan fingerprint density at radius 1 is 1.17 bits per heavy atom. The zero-order valence-corrected chi connectivity index (χ0v) is 14.4. The third-order valence-electron chi connectivity index (χ3n) is 4.02. The van der Waals surface area contributed by atoms with E-state index in [-0.39, 0.29) is 5.92 Å². The molecule has 4 heteroatoms. The first kappa shape index (κ1) is 16.2. The van der Waals surface area contributed by atoms with Crippen molar-refractivity contribution in [2.75, 3.05) is 14.1 Å². The predicted molar refractivity (Wildman–Crippen MR) is 97.3 cm³/mol. The van der Waals surface area contributed by atoms with Crippen molar-refractivity contribution in [1.29, 1.82) is 5.26 Å². The minimum Gasteiger partial charge on any atom is -0.323 e. The van der Waals surface area contributed by atoms with Crippen molar-refractivity contribution in [2.45, 2.75) is 20.0 Å². The molecule has 0 amide bonds. The van der Waals surface area contributed by atoms with Gasteiger partial charge in [0, 0.05) is 18.7 Å². The second kappa shape index (κ2) is 6.86. The van der Waals surface area contributed by atoms with Gasteiger partial charge in [-0.2, -0.15) is 5.26 Å².